The topological polar surface area (TPSA) is 45.4 Å². The Morgan fingerprint density at radius 2 is 1.90 bits per heavy atom. The van der Waals surface area contributed by atoms with Crippen LogP contribution in [0.4, 0.5) is 5.82 Å². The van der Waals surface area contributed by atoms with Gasteiger partial charge in [-0.05, 0) is 38.1 Å². The summed E-state index contributed by atoms with van der Waals surface area (Å²) in [7, 11) is 2.17. The van der Waals surface area contributed by atoms with Crippen molar-refractivity contribution in [3.63, 3.8) is 0 Å². The molecule has 0 radical (unpaired) electrons. The average molecular weight is 284 g/mol. The zero-order valence-electron chi connectivity index (χ0n) is 12.9. The second-order valence-electron chi connectivity index (χ2n) is 6.14. The number of pyridine rings is 1. The highest BCUT2D eigenvalue weighted by molar-refractivity contribution is 5.82. The molecule has 0 saturated carbocycles. The van der Waals surface area contributed by atoms with Crippen LogP contribution in [0, 0.1) is 0 Å². The maximum atomic E-state index is 6.03. The van der Waals surface area contributed by atoms with E-state index in [1.807, 2.05) is 6.07 Å². The van der Waals surface area contributed by atoms with Crippen LogP contribution in [0.2, 0.25) is 0 Å². The highest BCUT2D eigenvalue weighted by Crippen LogP contribution is 2.25. The van der Waals surface area contributed by atoms with E-state index in [0.29, 0.717) is 0 Å². The van der Waals surface area contributed by atoms with Gasteiger partial charge < -0.3 is 15.5 Å². The first-order valence-electron chi connectivity index (χ1n) is 7.71. The number of aromatic nitrogens is 1. The second kappa shape index (κ2) is 6.00. The van der Waals surface area contributed by atoms with Gasteiger partial charge in [-0.25, -0.2) is 4.98 Å². The SMILES string of the molecule is CC(N)Cc1cc2ccccc2nc1N1CCN(C)CC1. The van der Waals surface area contributed by atoms with Gasteiger partial charge in [0.15, 0.2) is 0 Å². The van der Waals surface area contributed by atoms with E-state index in [-0.39, 0.29) is 6.04 Å². The molecule has 1 aliphatic heterocycles. The third kappa shape index (κ3) is 3.17. The smallest absolute Gasteiger partial charge is 0.132 e. The van der Waals surface area contributed by atoms with Crippen molar-refractivity contribution in [2.45, 2.75) is 19.4 Å². The fraction of sp³-hybridized carbons (Fsp3) is 0.471. The lowest BCUT2D eigenvalue weighted by Crippen LogP contribution is -2.45. The summed E-state index contributed by atoms with van der Waals surface area (Å²) in [5.74, 6) is 1.12. The molecule has 21 heavy (non-hydrogen) atoms. The third-order valence-corrected chi connectivity index (χ3v) is 4.12. The normalized spacial score (nSPS) is 18.1. The maximum absolute atomic E-state index is 6.03. The molecule has 2 heterocycles. The molecule has 2 N–H and O–H groups in total. The quantitative estimate of drug-likeness (QED) is 0.935. The molecule has 1 fully saturated rings. The van der Waals surface area contributed by atoms with Crippen LogP contribution in [0.15, 0.2) is 30.3 Å². The van der Waals surface area contributed by atoms with E-state index in [1.165, 1.54) is 10.9 Å². The highest BCUT2D eigenvalue weighted by atomic mass is 15.3. The Kier molecular flexibility index (Phi) is 4.08. The predicted molar refractivity (Wildman–Crippen MR) is 88.8 cm³/mol. The number of hydrogen-bond donors (Lipinski definition) is 1. The second-order valence-corrected chi connectivity index (χ2v) is 6.14. The van der Waals surface area contributed by atoms with E-state index >= 15 is 0 Å². The average Bonchev–Trinajstić information content (AvgIpc) is 2.47. The van der Waals surface area contributed by atoms with E-state index in [0.717, 1.165) is 43.9 Å². The predicted octanol–water partition coefficient (Wildman–Crippen LogP) is 1.88. The number of nitrogens with zero attached hydrogens (tertiary/aromatic N) is 3. The lowest BCUT2D eigenvalue weighted by Gasteiger charge is -2.34. The number of benzene rings is 1. The summed E-state index contributed by atoms with van der Waals surface area (Å²) < 4.78 is 0. The fourth-order valence-corrected chi connectivity index (χ4v) is 2.94. The summed E-state index contributed by atoms with van der Waals surface area (Å²) in [5, 5.41) is 1.20. The van der Waals surface area contributed by atoms with Crippen molar-refractivity contribution in [1.82, 2.24) is 9.88 Å². The van der Waals surface area contributed by atoms with Gasteiger partial charge in [0.25, 0.3) is 0 Å². The summed E-state index contributed by atoms with van der Waals surface area (Å²) in [4.78, 5) is 9.70. The maximum Gasteiger partial charge on any atom is 0.132 e. The summed E-state index contributed by atoms with van der Waals surface area (Å²) in [5.41, 5.74) is 8.38. The lowest BCUT2D eigenvalue weighted by atomic mass is 10.0. The summed E-state index contributed by atoms with van der Waals surface area (Å²) >= 11 is 0. The highest BCUT2D eigenvalue weighted by Gasteiger charge is 2.19. The number of anilines is 1. The first kappa shape index (κ1) is 14.3. The molecule has 0 amide bonds. The number of nitrogens with two attached hydrogens (primary N) is 1. The van der Waals surface area contributed by atoms with Crippen molar-refractivity contribution in [3.8, 4) is 0 Å². The number of hydrogen-bond acceptors (Lipinski definition) is 4. The van der Waals surface area contributed by atoms with E-state index in [9.17, 15) is 0 Å². The molecule has 4 heteroatoms. The third-order valence-electron chi connectivity index (χ3n) is 4.12. The van der Waals surface area contributed by atoms with Crippen LogP contribution in [0.25, 0.3) is 10.9 Å². The molecule has 2 aromatic rings. The van der Waals surface area contributed by atoms with Crippen molar-refractivity contribution in [2.75, 3.05) is 38.1 Å². The van der Waals surface area contributed by atoms with Gasteiger partial charge in [-0.15, -0.1) is 0 Å². The van der Waals surface area contributed by atoms with Crippen molar-refractivity contribution in [2.24, 2.45) is 5.73 Å². The zero-order valence-corrected chi connectivity index (χ0v) is 12.9. The summed E-state index contributed by atoms with van der Waals surface area (Å²) in [6.45, 7) is 6.31. The zero-order chi connectivity index (χ0) is 14.8. The summed E-state index contributed by atoms with van der Waals surface area (Å²) in [6, 6.07) is 10.7. The lowest BCUT2D eigenvalue weighted by molar-refractivity contribution is 0.312. The van der Waals surface area contributed by atoms with E-state index in [4.69, 9.17) is 10.7 Å². The van der Waals surface area contributed by atoms with Crippen molar-refractivity contribution < 1.29 is 0 Å². The van der Waals surface area contributed by atoms with Crippen LogP contribution in [0.3, 0.4) is 0 Å². The van der Waals surface area contributed by atoms with Crippen LogP contribution in [-0.4, -0.2) is 49.2 Å². The van der Waals surface area contributed by atoms with Gasteiger partial charge in [0.05, 0.1) is 5.52 Å². The minimum absolute atomic E-state index is 0.152. The number of fused-ring (bicyclic) bond motifs is 1. The number of likely N-dealkylation sites (N-methyl/N-ethyl adjacent to an activating group) is 1. The van der Waals surface area contributed by atoms with Gasteiger partial charge in [0, 0.05) is 37.6 Å². The van der Waals surface area contributed by atoms with Gasteiger partial charge in [-0.1, -0.05) is 18.2 Å². The van der Waals surface area contributed by atoms with Gasteiger partial charge >= 0.3 is 0 Å². The largest absolute Gasteiger partial charge is 0.354 e. The summed E-state index contributed by atoms with van der Waals surface area (Å²) in [6.07, 6.45) is 0.875. The number of para-hydroxylation sites is 1. The molecule has 1 aromatic heterocycles. The Morgan fingerprint density at radius 1 is 1.19 bits per heavy atom. The molecule has 0 bridgehead atoms. The van der Waals surface area contributed by atoms with E-state index in [2.05, 4.69) is 48.0 Å². The molecule has 112 valence electrons. The van der Waals surface area contributed by atoms with Crippen molar-refractivity contribution >= 4 is 16.7 Å². The molecule has 1 unspecified atom stereocenters. The van der Waals surface area contributed by atoms with Crippen LogP contribution >= 0.6 is 0 Å². The molecule has 1 atom stereocenters. The number of piperazine rings is 1. The Balaban J connectivity index is 2.01. The van der Waals surface area contributed by atoms with Crippen LogP contribution in [0.5, 0.6) is 0 Å². The first-order chi connectivity index (χ1) is 10.1. The molecule has 3 rings (SSSR count). The van der Waals surface area contributed by atoms with Crippen molar-refractivity contribution in [3.05, 3.63) is 35.9 Å². The fourth-order valence-electron chi connectivity index (χ4n) is 2.94. The molecule has 1 aliphatic rings. The Bertz CT molecular complexity index is 615. The van der Waals surface area contributed by atoms with E-state index < -0.39 is 0 Å². The standard InChI is InChI=1S/C17H24N4/c1-13(18)11-15-12-14-5-3-4-6-16(14)19-17(15)21-9-7-20(2)8-10-21/h3-6,12-13H,7-11,18H2,1-2H3. The Labute approximate surface area is 126 Å². The van der Waals surface area contributed by atoms with Crippen LogP contribution in [0.1, 0.15) is 12.5 Å². The molecular formula is C17H24N4. The van der Waals surface area contributed by atoms with Gasteiger partial charge in [0.2, 0.25) is 0 Å². The van der Waals surface area contributed by atoms with E-state index in [1.54, 1.807) is 0 Å². The molecule has 1 saturated heterocycles. The molecule has 0 spiro atoms. The molecule has 0 aliphatic carbocycles. The molecular weight excluding hydrogens is 260 g/mol. The first-order valence-corrected chi connectivity index (χ1v) is 7.71. The minimum Gasteiger partial charge on any atom is -0.354 e. The Morgan fingerprint density at radius 3 is 2.62 bits per heavy atom. The monoisotopic (exact) mass is 284 g/mol. The van der Waals surface area contributed by atoms with Crippen LogP contribution in [-0.2, 0) is 6.42 Å². The van der Waals surface area contributed by atoms with Gasteiger partial charge in [-0.2, -0.15) is 0 Å². The van der Waals surface area contributed by atoms with Crippen molar-refractivity contribution in [1.29, 1.82) is 0 Å². The van der Waals surface area contributed by atoms with Gasteiger partial charge in [0.1, 0.15) is 5.82 Å². The molecule has 1 aromatic carbocycles. The Hall–Kier alpha value is -1.65. The van der Waals surface area contributed by atoms with Gasteiger partial charge in [-0.3, -0.25) is 0 Å². The molecule has 4 nitrogen and oxygen atoms in total. The number of rotatable bonds is 3. The van der Waals surface area contributed by atoms with Crippen LogP contribution < -0.4 is 10.6 Å². The minimum atomic E-state index is 0.152.